The fourth-order valence-corrected chi connectivity index (χ4v) is 4.09. The van der Waals surface area contributed by atoms with Crippen molar-refractivity contribution in [2.75, 3.05) is 27.9 Å². The summed E-state index contributed by atoms with van der Waals surface area (Å²) in [5.41, 5.74) is 2.50. The van der Waals surface area contributed by atoms with E-state index in [1.165, 1.54) is 0 Å². The van der Waals surface area contributed by atoms with Gasteiger partial charge in [-0.1, -0.05) is 0 Å². The maximum atomic E-state index is 13.4. The van der Waals surface area contributed by atoms with Gasteiger partial charge in [-0.25, -0.2) is 0 Å². The Morgan fingerprint density at radius 1 is 1.03 bits per heavy atom. The monoisotopic (exact) mass is 395 g/mol. The van der Waals surface area contributed by atoms with E-state index < -0.39 is 0 Å². The average Bonchev–Trinajstić information content (AvgIpc) is 3.37. The lowest BCUT2D eigenvalue weighted by atomic mass is 10.0. The van der Waals surface area contributed by atoms with Crippen LogP contribution in [0, 0.1) is 6.92 Å². The lowest BCUT2D eigenvalue weighted by Crippen LogP contribution is -2.30. The molecule has 0 aliphatic carbocycles. The fraction of sp³-hybridized carbons (Fsp3) is 0.348. The Labute approximate surface area is 170 Å². The highest BCUT2D eigenvalue weighted by atomic mass is 16.5. The van der Waals surface area contributed by atoms with Crippen LogP contribution in [-0.4, -0.2) is 38.7 Å². The summed E-state index contributed by atoms with van der Waals surface area (Å²) in [6, 6.07) is 11.2. The van der Waals surface area contributed by atoms with Crippen LogP contribution in [0.1, 0.15) is 40.6 Å². The lowest BCUT2D eigenvalue weighted by Gasteiger charge is -2.26. The molecule has 0 saturated carbocycles. The Hall–Kier alpha value is -3.15. The smallest absolute Gasteiger partial charge is 0.290 e. The second-order valence-electron chi connectivity index (χ2n) is 7.18. The number of hydrogen-bond donors (Lipinski definition) is 0. The Morgan fingerprint density at radius 3 is 2.48 bits per heavy atom. The van der Waals surface area contributed by atoms with Crippen molar-refractivity contribution >= 4 is 16.9 Å². The number of amides is 1. The molecule has 0 radical (unpaired) electrons. The summed E-state index contributed by atoms with van der Waals surface area (Å²) in [6.45, 7) is 2.59. The van der Waals surface area contributed by atoms with Gasteiger partial charge >= 0.3 is 0 Å². The summed E-state index contributed by atoms with van der Waals surface area (Å²) in [7, 11) is 4.88. The zero-order valence-electron chi connectivity index (χ0n) is 17.2. The number of furan rings is 1. The molecule has 4 rings (SSSR count). The van der Waals surface area contributed by atoms with Gasteiger partial charge in [-0.2, -0.15) is 0 Å². The number of aryl methyl sites for hydroxylation is 1. The summed E-state index contributed by atoms with van der Waals surface area (Å²) in [6.07, 6.45) is 1.81. The summed E-state index contributed by atoms with van der Waals surface area (Å²) in [5.74, 6) is 2.47. The number of carbonyl (C=O) groups is 1. The molecule has 152 valence electrons. The van der Waals surface area contributed by atoms with Crippen LogP contribution in [0.25, 0.3) is 11.0 Å². The number of ether oxygens (including phenoxy) is 3. The molecule has 1 saturated heterocycles. The van der Waals surface area contributed by atoms with E-state index >= 15 is 0 Å². The predicted molar refractivity (Wildman–Crippen MR) is 110 cm³/mol. The van der Waals surface area contributed by atoms with E-state index in [0.29, 0.717) is 17.9 Å². The first-order chi connectivity index (χ1) is 14.1. The van der Waals surface area contributed by atoms with Crippen molar-refractivity contribution in [1.82, 2.24) is 4.90 Å². The molecule has 1 aromatic heterocycles. The van der Waals surface area contributed by atoms with Crippen molar-refractivity contribution in [3.63, 3.8) is 0 Å². The number of fused-ring (bicyclic) bond motifs is 1. The molecule has 0 spiro atoms. The molecule has 2 heterocycles. The summed E-state index contributed by atoms with van der Waals surface area (Å²) < 4.78 is 22.1. The number of nitrogens with zero attached hydrogens (tertiary/aromatic N) is 1. The number of rotatable bonds is 5. The highest BCUT2D eigenvalue weighted by Crippen LogP contribution is 2.40. The molecule has 1 aliphatic rings. The minimum absolute atomic E-state index is 0.0643. The summed E-state index contributed by atoms with van der Waals surface area (Å²) in [5, 5.41) is 0.894. The summed E-state index contributed by atoms with van der Waals surface area (Å²) in [4.78, 5) is 15.3. The fourth-order valence-electron chi connectivity index (χ4n) is 4.09. The quantitative estimate of drug-likeness (QED) is 0.624. The van der Waals surface area contributed by atoms with Gasteiger partial charge in [0.2, 0.25) is 0 Å². The molecule has 29 heavy (non-hydrogen) atoms. The average molecular weight is 395 g/mol. The molecular formula is C23H25NO5. The van der Waals surface area contributed by atoms with Gasteiger partial charge in [0, 0.05) is 29.1 Å². The number of hydrogen-bond acceptors (Lipinski definition) is 5. The zero-order chi connectivity index (χ0) is 20.5. The van der Waals surface area contributed by atoms with Crippen molar-refractivity contribution < 1.29 is 23.4 Å². The van der Waals surface area contributed by atoms with E-state index in [0.717, 1.165) is 46.6 Å². The Bertz CT molecular complexity index is 1050. The number of methoxy groups -OCH3 is 3. The molecule has 6 heteroatoms. The number of carbonyl (C=O) groups excluding carboxylic acids is 1. The van der Waals surface area contributed by atoms with Gasteiger partial charge in [-0.15, -0.1) is 0 Å². The second kappa shape index (κ2) is 7.70. The van der Waals surface area contributed by atoms with Crippen molar-refractivity contribution in [3.8, 4) is 17.2 Å². The van der Waals surface area contributed by atoms with Crippen LogP contribution < -0.4 is 14.2 Å². The molecule has 0 bridgehead atoms. The minimum Gasteiger partial charge on any atom is -0.497 e. The van der Waals surface area contributed by atoms with Gasteiger partial charge in [-0.05, 0) is 50.1 Å². The molecule has 6 nitrogen and oxygen atoms in total. The molecule has 0 unspecified atom stereocenters. The SMILES string of the molecule is COc1ccc([C@H]2CCCN2C(=O)c2oc3ccc(OC)cc3c2C)c(OC)c1. The lowest BCUT2D eigenvalue weighted by molar-refractivity contribution is 0.0703. The van der Waals surface area contributed by atoms with E-state index in [-0.39, 0.29) is 11.9 Å². The molecule has 0 N–H and O–H groups in total. The van der Waals surface area contributed by atoms with Crippen molar-refractivity contribution in [2.24, 2.45) is 0 Å². The van der Waals surface area contributed by atoms with Gasteiger partial charge in [-0.3, -0.25) is 4.79 Å². The highest BCUT2D eigenvalue weighted by molar-refractivity contribution is 5.99. The first kappa shape index (κ1) is 19.2. The van der Waals surface area contributed by atoms with Gasteiger partial charge in [0.1, 0.15) is 22.8 Å². The van der Waals surface area contributed by atoms with Crippen molar-refractivity contribution in [2.45, 2.75) is 25.8 Å². The second-order valence-corrected chi connectivity index (χ2v) is 7.18. The maximum Gasteiger partial charge on any atom is 0.290 e. The molecule has 1 aliphatic heterocycles. The third-order valence-electron chi connectivity index (χ3n) is 5.65. The van der Waals surface area contributed by atoms with E-state index in [4.69, 9.17) is 18.6 Å². The Balaban J connectivity index is 1.70. The largest absolute Gasteiger partial charge is 0.497 e. The highest BCUT2D eigenvalue weighted by Gasteiger charge is 2.35. The molecule has 1 amide bonds. The molecule has 3 aromatic rings. The Morgan fingerprint density at radius 2 is 1.76 bits per heavy atom. The minimum atomic E-state index is -0.0990. The van der Waals surface area contributed by atoms with Crippen LogP contribution in [0.2, 0.25) is 0 Å². The molecular weight excluding hydrogens is 370 g/mol. The van der Waals surface area contributed by atoms with Gasteiger partial charge in [0.25, 0.3) is 5.91 Å². The Kier molecular flexibility index (Phi) is 5.09. The summed E-state index contributed by atoms with van der Waals surface area (Å²) >= 11 is 0. The van der Waals surface area contributed by atoms with Crippen molar-refractivity contribution in [1.29, 1.82) is 0 Å². The third kappa shape index (κ3) is 3.28. The first-order valence-corrected chi connectivity index (χ1v) is 9.67. The number of benzene rings is 2. The van der Waals surface area contributed by atoms with Crippen LogP contribution in [0.15, 0.2) is 40.8 Å². The van der Waals surface area contributed by atoms with Crippen molar-refractivity contribution in [3.05, 3.63) is 53.3 Å². The molecule has 1 atom stereocenters. The van der Waals surface area contributed by atoms with E-state index in [9.17, 15) is 4.79 Å². The van der Waals surface area contributed by atoms with E-state index in [2.05, 4.69) is 0 Å². The third-order valence-corrected chi connectivity index (χ3v) is 5.65. The zero-order valence-corrected chi connectivity index (χ0v) is 17.2. The maximum absolute atomic E-state index is 13.4. The topological polar surface area (TPSA) is 61.1 Å². The first-order valence-electron chi connectivity index (χ1n) is 9.67. The van der Waals surface area contributed by atoms with Crippen LogP contribution in [0.4, 0.5) is 0 Å². The van der Waals surface area contributed by atoms with Crippen LogP contribution in [0.3, 0.4) is 0 Å². The number of likely N-dealkylation sites (tertiary alicyclic amines) is 1. The van der Waals surface area contributed by atoms with Crippen LogP contribution in [0.5, 0.6) is 17.2 Å². The normalized spacial score (nSPS) is 16.3. The van der Waals surface area contributed by atoms with Crippen LogP contribution >= 0.6 is 0 Å². The van der Waals surface area contributed by atoms with Crippen LogP contribution in [-0.2, 0) is 0 Å². The standard InChI is InChI=1S/C23H25NO5/c1-14-18-12-15(26-2)8-10-20(18)29-22(14)23(25)24-11-5-6-19(24)17-9-7-16(27-3)13-21(17)28-4/h7-10,12-13,19H,5-6,11H2,1-4H3/t19-/m1/s1. The molecule has 2 aromatic carbocycles. The van der Waals surface area contributed by atoms with E-state index in [1.54, 1.807) is 21.3 Å². The molecule has 1 fully saturated rings. The van der Waals surface area contributed by atoms with Gasteiger partial charge in [0.05, 0.1) is 27.4 Å². The van der Waals surface area contributed by atoms with Gasteiger partial charge in [0.15, 0.2) is 5.76 Å². The van der Waals surface area contributed by atoms with Gasteiger partial charge < -0.3 is 23.5 Å². The predicted octanol–water partition coefficient (Wildman–Crippen LogP) is 4.74. The van der Waals surface area contributed by atoms with E-state index in [1.807, 2.05) is 48.2 Å².